The lowest BCUT2D eigenvalue weighted by Crippen LogP contribution is -2.12. The van der Waals surface area contributed by atoms with E-state index in [-0.39, 0.29) is 22.2 Å². The quantitative estimate of drug-likeness (QED) is 0.618. The number of esters is 1. The molecule has 0 bridgehead atoms. The van der Waals surface area contributed by atoms with Crippen LogP contribution in [0.1, 0.15) is 21.7 Å². The summed E-state index contributed by atoms with van der Waals surface area (Å²) in [5, 5.41) is 13.1. The molecule has 0 aliphatic rings. The summed E-state index contributed by atoms with van der Waals surface area (Å²) in [5.41, 5.74) is 1.12. The molecule has 0 aromatic carbocycles. The molecule has 6 nitrogen and oxygen atoms in total. The van der Waals surface area contributed by atoms with E-state index in [1.807, 2.05) is 6.07 Å². The minimum Gasteiger partial charge on any atom is -0.465 e. The van der Waals surface area contributed by atoms with Crippen molar-refractivity contribution in [1.82, 2.24) is 14.8 Å². The van der Waals surface area contributed by atoms with E-state index in [1.54, 1.807) is 13.0 Å². The van der Waals surface area contributed by atoms with E-state index in [2.05, 4.69) is 14.8 Å². The van der Waals surface area contributed by atoms with E-state index in [1.165, 1.54) is 23.9 Å². The molecular weight excluding hydrogens is 268 g/mol. The lowest BCUT2D eigenvalue weighted by atomic mass is 10.2. The number of hydrogen-bond donors (Lipinski definition) is 0. The number of hydrogen-bond acceptors (Lipinski definition) is 5. The molecule has 19 heavy (non-hydrogen) atoms. The molecule has 0 atom stereocenters. The summed E-state index contributed by atoms with van der Waals surface area (Å²) in [5.74, 6) is -0.314. The monoisotopic (exact) mass is 276 g/mol. The van der Waals surface area contributed by atoms with Gasteiger partial charge in [-0.2, -0.15) is 10.4 Å². The van der Waals surface area contributed by atoms with Crippen LogP contribution in [-0.2, 0) is 4.74 Å². The number of nitrogens with zero attached hydrogens (tertiary/aromatic N) is 4. The van der Waals surface area contributed by atoms with Crippen molar-refractivity contribution in [3.63, 3.8) is 0 Å². The van der Waals surface area contributed by atoms with Gasteiger partial charge in [0, 0.05) is 5.69 Å². The molecule has 0 aliphatic carbocycles. The minimum absolute atomic E-state index is 0.219. The molecule has 0 saturated heterocycles. The second-order valence-corrected chi connectivity index (χ2v) is 4.08. The first-order chi connectivity index (χ1) is 9.06. The van der Waals surface area contributed by atoms with E-state index in [9.17, 15) is 4.79 Å². The zero-order valence-corrected chi connectivity index (χ0v) is 11.0. The van der Waals surface area contributed by atoms with Gasteiger partial charge in [-0.1, -0.05) is 11.6 Å². The SMILES string of the molecule is COC(=O)c1ccc(Cl)nc1-n1nc(C#N)cc1C. The maximum Gasteiger partial charge on any atom is 0.341 e. The Morgan fingerprint density at radius 1 is 1.53 bits per heavy atom. The number of aryl methyl sites for hydroxylation is 1. The first kappa shape index (κ1) is 13.1. The molecule has 2 rings (SSSR count). The van der Waals surface area contributed by atoms with Gasteiger partial charge >= 0.3 is 5.97 Å². The van der Waals surface area contributed by atoms with Gasteiger partial charge < -0.3 is 4.74 Å². The molecule has 0 unspecified atom stereocenters. The maximum atomic E-state index is 11.7. The van der Waals surface area contributed by atoms with Gasteiger partial charge in [0.05, 0.1) is 7.11 Å². The Bertz CT molecular complexity index is 688. The highest BCUT2D eigenvalue weighted by Gasteiger charge is 2.18. The van der Waals surface area contributed by atoms with Crippen molar-refractivity contribution < 1.29 is 9.53 Å². The predicted molar refractivity (Wildman–Crippen MR) is 67.2 cm³/mol. The van der Waals surface area contributed by atoms with Crippen LogP contribution in [-0.4, -0.2) is 27.8 Å². The number of carbonyl (C=O) groups excluding carboxylic acids is 1. The van der Waals surface area contributed by atoms with E-state index in [0.717, 1.165) is 0 Å². The molecule has 0 aliphatic heterocycles. The largest absolute Gasteiger partial charge is 0.465 e. The maximum absolute atomic E-state index is 11.7. The average Bonchev–Trinajstić information content (AvgIpc) is 2.79. The molecule has 0 radical (unpaired) electrons. The van der Waals surface area contributed by atoms with Crippen LogP contribution in [0.2, 0.25) is 5.15 Å². The molecule has 0 N–H and O–H groups in total. The number of pyridine rings is 1. The fourth-order valence-corrected chi connectivity index (χ4v) is 1.74. The Labute approximate surface area is 114 Å². The van der Waals surface area contributed by atoms with Gasteiger partial charge in [-0.3, -0.25) is 0 Å². The van der Waals surface area contributed by atoms with Crippen LogP contribution >= 0.6 is 11.6 Å². The highest BCUT2D eigenvalue weighted by atomic mass is 35.5. The van der Waals surface area contributed by atoms with Crippen LogP contribution in [0.4, 0.5) is 0 Å². The van der Waals surface area contributed by atoms with Gasteiger partial charge in [0.2, 0.25) is 0 Å². The van der Waals surface area contributed by atoms with Gasteiger partial charge in [-0.15, -0.1) is 0 Å². The third kappa shape index (κ3) is 2.41. The van der Waals surface area contributed by atoms with Crippen molar-refractivity contribution in [3.05, 3.63) is 40.3 Å². The molecular formula is C12H9ClN4O2. The van der Waals surface area contributed by atoms with Crippen LogP contribution in [0.3, 0.4) is 0 Å². The van der Waals surface area contributed by atoms with E-state index >= 15 is 0 Å². The molecule has 2 aromatic heterocycles. The zero-order valence-electron chi connectivity index (χ0n) is 10.2. The number of halogens is 1. The standard InChI is InChI=1S/C12H9ClN4O2/c1-7-5-8(6-14)16-17(7)11-9(12(18)19-2)3-4-10(13)15-11/h3-5H,1-2H3. The van der Waals surface area contributed by atoms with Crippen LogP contribution in [0.5, 0.6) is 0 Å². The Balaban J connectivity index is 2.66. The molecule has 0 fully saturated rings. The predicted octanol–water partition coefficient (Wildman–Crippen LogP) is 1.89. The average molecular weight is 277 g/mol. The highest BCUT2D eigenvalue weighted by molar-refractivity contribution is 6.29. The summed E-state index contributed by atoms with van der Waals surface area (Å²) >= 11 is 5.84. The van der Waals surface area contributed by atoms with E-state index in [4.69, 9.17) is 16.9 Å². The lowest BCUT2D eigenvalue weighted by Gasteiger charge is -2.08. The second-order valence-electron chi connectivity index (χ2n) is 3.69. The van der Waals surface area contributed by atoms with Crippen LogP contribution in [0, 0.1) is 18.3 Å². The summed E-state index contributed by atoms with van der Waals surface area (Å²) in [7, 11) is 1.28. The number of ether oxygens (including phenoxy) is 1. The number of carbonyl (C=O) groups is 1. The van der Waals surface area contributed by atoms with Gasteiger partial charge in [0.25, 0.3) is 0 Å². The van der Waals surface area contributed by atoms with Gasteiger partial charge in [0.1, 0.15) is 16.8 Å². The van der Waals surface area contributed by atoms with Gasteiger partial charge in [-0.05, 0) is 25.1 Å². The Morgan fingerprint density at radius 2 is 2.26 bits per heavy atom. The van der Waals surface area contributed by atoms with Gasteiger partial charge in [-0.25, -0.2) is 14.5 Å². The number of aromatic nitrogens is 3. The molecule has 2 aromatic rings. The first-order valence-corrected chi connectivity index (χ1v) is 5.66. The van der Waals surface area contributed by atoms with E-state index < -0.39 is 5.97 Å². The Kier molecular flexibility index (Phi) is 3.49. The Morgan fingerprint density at radius 3 is 2.84 bits per heavy atom. The topological polar surface area (TPSA) is 80.8 Å². The summed E-state index contributed by atoms with van der Waals surface area (Å²) < 4.78 is 6.07. The first-order valence-electron chi connectivity index (χ1n) is 5.29. The molecule has 0 amide bonds. The zero-order chi connectivity index (χ0) is 14.0. The normalized spacial score (nSPS) is 10.0. The van der Waals surface area contributed by atoms with Crippen LogP contribution < -0.4 is 0 Å². The van der Waals surface area contributed by atoms with Crippen molar-refractivity contribution in [3.8, 4) is 11.9 Å². The van der Waals surface area contributed by atoms with Crippen LogP contribution in [0.15, 0.2) is 18.2 Å². The number of methoxy groups -OCH3 is 1. The highest BCUT2D eigenvalue weighted by Crippen LogP contribution is 2.18. The smallest absolute Gasteiger partial charge is 0.341 e. The Hall–Kier alpha value is -2.39. The third-order valence-corrected chi connectivity index (χ3v) is 2.66. The van der Waals surface area contributed by atoms with Crippen molar-refractivity contribution in [2.45, 2.75) is 6.92 Å². The third-order valence-electron chi connectivity index (χ3n) is 2.45. The van der Waals surface area contributed by atoms with Crippen molar-refractivity contribution >= 4 is 17.6 Å². The molecule has 2 heterocycles. The number of nitriles is 1. The fraction of sp³-hybridized carbons (Fsp3) is 0.167. The minimum atomic E-state index is -0.549. The van der Waals surface area contributed by atoms with Crippen molar-refractivity contribution in [2.24, 2.45) is 0 Å². The molecule has 96 valence electrons. The van der Waals surface area contributed by atoms with Gasteiger partial charge in [0.15, 0.2) is 11.5 Å². The summed E-state index contributed by atoms with van der Waals surface area (Å²) in [6.07, 6.45) is 0. The summed E-state index contributed by atoms with van der Waals surface area (Å²) in [6, 6.07) is 6.50. The molecule has 0 saturated carbocycles. The molecule has 7 heteroatoms. The second kappa shape index (κ2) is 5.08. The lowest BCUT2D eigenvalue weighted by molar-refractivity contribution is 0.0600. The number of rotatable bonds is 2. The van der Waals surface area contributed by atoms with Crippen molar-refractivity contribution in [1.29, 1.82) is 5.26 Å². The summed E-state index contributed by atoms with van der Waals surface area (Å²) in [4.78, 5) is 15.8. The van der Waals surface area contributed by atoms with E-state index in [0.29, 0.717) is 5.69 Å². The van der Waals surface area contributed by atoms with Crippen LogP contribution in [0.25, 0.3) is 5.82 Å². The van der Waals surface area contributed by atoms with Crippen molar-refractivity contribution in [2.75, 3.05) is 7.11 Å². The molecule has 0 spiro atoms. The summed E-state index contributed by atoms with van der Waals surface area (Å²) in [6.45, 7) is 1.75. The fourth-order valence-electron chi connectivity index (χ4n) is 1.60.